The molecule has 0 saturated carbocycles. The molecule has 156 valence electrons. The van der Waals surface area contributed by atoms with Gasteiger partial charge in [-0.15, -0.1) is 0 Å². The lowest BCUT2D eigenvalue weighted by atomic mass is 9.93. The first-order valence-electron chi connectivity index (χ1n) is 8.18. The molecule has 0 aromatic heterocycles. The molecule has 0 heterocycles. The highest BCUT2D eigenvalue weighted by Gasteiger charge is 2.39. The number of hydrogen-bond donors (Lipinski definition) is 1. The summed E-state index contributed by atoms with van der Waals surface area (Å²) in [5.41, 5.74) is -2.98. The summed E-state index contributed by atoms with van der Waals surface area (Å²) in [6.45, 7) is 2.62. The topological polar surface area (TPSA) is 37.3 Å². The summed E-state index contributed by atoms with van der Waals surface area (Å²) in [5.74, 6) is -4.63. The zero-order valence-electron chi connectivity index (χ0n) is 15.1. The lowest BCUT2D eigenvalue weighted by molar-refractivity contribution is -0.139. The third-order valence-electron chi connectivity index (χ3n) is 4.23. The number of hydrogen-bond acceptors (Lipinski definition) is 1. The van der Waals surface area contributed by atoms with Crippen LogP contribution in [0.5, 0.6) is 0 Å². The number of carboxylic acids is 1. The first kappa shape index (κ1) is 22.4. The van der Waals surface area contributed by atoms with Crippen molar-refractivity contribution in [2.45, 2.75) is 32.1 Å². The van der Waals surface area contributed by atoms with Crippen LogP contribution in [0.15, 0.2) is 36.4 Å². The zero-order valence-corrected chi connectivity index (χ0v) is 15.1. The van der Waals surface area contributed by atoms with Gasteiger partial charge in [0.15, 0.2) is 0 Å². The number of carbonyl (C=O) groups is 1. The summed E-state index contributed by atoms with van der Waals surface area (Å²) < 4.78 is 93.4. The van der Waals surface area contributed by atoms with E-state index in [1.165, 1.54) is 13.8 Å². The molecule has 0 aliphatic carbocycles. The van der Waals surface area contributed by atoms with E-state index in [9.17, 15) is 35.5 Å². The van der Waals surface area contributed by atoms with Crippen LogP contribution in [-0.2, 0) is 6.18 Å². The molecule has 1 atom stereocenters. The first-order chi connectivity index (χ1) is 13.2. The van der Waals surface area contributed by atoms with E-state index in [-0.39, 0.29) is 22.3 Å². The molecule has 9 heteroatoms. The lowest BCUT2D eigenvalue weighted by Crippen LogP contribution is -2.19. The van der Waals surface area contributed by atoms with Crippen molar-refractivity contribution in [3.8, 4) is 0 Å². The largest absolute Gasteiger partial charge is 0.478 e. The molecule has 0 saturated heterocycles. The van der Waals surface area contributed by atoms with Crippen molar-refractivity contribution < 1.29 is 40.6 Å². The molecule has 2 nitrogen and oxygen atoms in total. The van der Waals surface area contributed by atoms with E-state index in [0.29, 0.717) is 18.2 Å². The average molecular weight is 420 g/mol. The summed E-state index contributed by atoms with van der Waals surface area (Å²) in [5, 5.41) is 8.87. The monoisotopic (exact) mass is 420 g/mol. The highest BCUT2D eigenvalue weighted by atomic mass is 19.4. The van der Waals surface area contributed by atoms with Gasteiger partial charge in [0.1, 0.15) is 5.82 Å². The van der Waals surface area contributed by atoms with Crippen LogP contribution in [-0.4, -0.2) is 17.3 Å². The van der Waals surface area contributed by atoms with Crippen LogP contribution < -0.4 is 0 Å². The Bertz CT molecular complexity index is 933. The van der Waals surface area contributed by atoms with Gasteiger partial charge in [-0.3, -0.25) is 0 Å². The average Bonchev–Trinajstić information content (AvgIpc) is 2.57. The zero-order chi connectivity index (χ0) is 22.1. The predicted molar refractivity (Wildman–Crippen MR) is 92.1 cm³/mol. The number of benzene rings is 2. The summed E-state index contributed by atoms with van der Waals surface area (Å²) >= 11 is 0. The fraction of sp³-hybridized carbons (Fsp3) is 0.250. The Hall–Kier alpha value is -2.84. The van der Waals surface area contributed by atoms with Gasteiger partial charge in [-0.05, 0) is 48.2 Å². The summed E-state index contributed by atoms with van der Waals surface area (Å²) in [7, 11) is 0. The van der Waals surface area contributed by atoms with Gasteiger partial charge >= 0.3 is 18.3 Å². The number of aromatic carboxylic acids is 1. The molecule has 1 unspecified atom stereocenters. The predicted octanol–water partition coefficient (Wildman–Crippen LogP) is 6.52. The fourth-order valence-electron chi connectivity index (χ4n) is 2.86. The van der Waals surface area contributed by atoms with Crippen LogP contribution in [0.4, 0.5) is 30.7 Å². The molecule has 0 bridgehead atoms. The molecule has 2 aromatic rings. The smallest absolute Gasteiger partial charge is 0.417 e. The molecular formula is C20H15F7O2. The van der Waals surface area contributed by atoms with Gasteiger partial charge < -0.3 is 5.11 Å². The van der Waals surface area contributed by atoms with Crippen LogP contribution >= 0.6 is 0 Å². The van der Waals surface area contributed by atoms with Gasteiger partial charge in [-0.2, -0.15) is 26.3 Å². The van der Waals surface area contributed by atoms with E-state index in [2.05, 4.69) is 0 Å². The van der Waals surface area contributed by atoms with E-state index in [0.717, 1.165) is 24.3 Å². The SMILES string of the molecule is Cc1cc(C(C=Cc2ccc(C(=O)O)c(C(F)(F)F)c2)C(F)(F)F)cc(C)c1F. The van der Waals surface area contributed by atoms with Crippen LogP contribution in [0, 0.1) is 19.7 Å². The van der Waals surface area contributed by atoms with Gasteiger partial charge in [0, 0.05) is 0 Å². The number of aryl methyl sites for hydroxylation is 2. The quantitative estimate of drug-likeness (QED) is 0.572. The Labute approximate surface area is 161 Å². The standard InChI is InChI=1S/C20H15F7O2/c1-10-7-13(8-11(2)17(10)21)15(19(22,23)24)6-4-12-3-5-14(18(28)29)16(9-12)20(25,26)27/h3-9,15H,1-2H3,(H,28,29). The van der Waals surface area contributed by atoms with Crippen molar-refractivity contribution >= 4 is 12.0 Å². The molecular weight excluding hydrogens is 405 g/mol. The number of allylic oxidation sites excluding steroid dienone is 1. The van der Waals surface area contributed by atoms with Crippen LogP contribution in [0.25, 0.3) is 6.08 Å². The Kier molecular flexibility index (Phi) is 6.10. The molecule has 2 aromatic carbocycles. The van der Waals surface area contributed by atoms with Crippen molar-refractivity contribution in [1.29, 1.82) is 0 Å². The normalized spacial score (nSPS) is 13.7. The third kappa shape index (κ3) is 5.16. The molecule has 0 aliphatic heterocycles. The van der Waals surface area contributed by atoms with Crippen molar-refractivity contribution in [2.75, 3.05) is 0 Å². The van der Waals surface area contributed by atoms with Crippen LogP contribution in [0.1, 0.15) is 44.1 Å². The second-order valence-corrected chi connectivity index (χ2v) is 6.46. The molecule has 1 N–H and O–H groups in total. The Morgan fingerprint density at radius 2 is 1.55 bits per heavy atom. The second kappa shape index (κ2) is 7.88. The Balaban J connectivity index is 2.52. The van der Waals surface area contributed by atoms with Crippen molar-refractivity contribution in [3.63, 3.8) is 0 Å². The summed E-state index contributed by atoms with van der Waals surface area (Å²) in [6, 6.07) is 4.18. The van der Waals surface area contributed by atoms with E-state index in [1.54, 1.807) is 0 Å². The van der Waals surface area contributed by atoms with Crippen LogP contribution in [0.3, 0.4) is 0 Å². The van der Waals surface area contributed by atoms with Crippen molar-refractivity contribution in [1.82, 2.24) is 0 Å². The third-order valence-corrected chi connectivity index (χ3v) is 4.23. The van der Waals surface area contributed by atoms with E-state index < -0.39 is 41.2 Å². The first-order valence-corrected chi connectivity index (χ1v) is 8.18. The number of rotatable bonds is 4. The maximum atomic E-state index is 13.7. The minimum atomic E-state index is -4.99. The minimum Gasteiger partial charge on any atom is -0.478 e. The van der Waals surface area contributed by atoms with Gasteiger partial charge in [0.05, 0.1) is 17.0 Å². The molecule has 0 fully saturated rings. The van der Waals surface area contributed by atoms with E-state index in [1.807, 2.05) is 0 Å². The summed E-state index contributed by atoms with van der Waals surface area (Å²) in [4.78, 5) is 11.0. The maximum absolute atomic E-state index is 13.7. The van der Waals surface area contributed by atoms with Crippen LogP contribution in [0.2, 0.25) is 0 Å². The molecule has 29 heavy (non-hydrogen) atoms. The lowest BCUT2D eigenvalue weighted by Gasteiger charge is -2.19. The molecule has 2 rings (SSSR count). The van der Waals surface area contributed by atoms with Gasteiger partial charge in [0.2, 0.25) is 0 Å². The van der Waals surface area contributed by atoms with E-state index in [4.69, 9.17) is 5.11 Å². The number of alkyl halides is 6. The molecule has 0 radical (unpaired) electrons. The number of halogens is 7. The molecule has 0 aliphatic rings. The second-order valence-electron chi connectivity index (χ2n) is 6.46. The van der Waals surface area contributed by atoms with Crippen molar-refractivity contribution in [2.24, 2.45) is 0 Å². The minimum absolute atomic E-state index is 0.00724. The Morgan fingerprint density at radius 1 is 1.00 bits per heavy atom. The highest BCUT2D eigenvalue weighted by molar-refractivity contribution is 5.90. The molecule has 0 amide bonds. The van der Waals surface area contributed by atoms with Gasteiger partial charge in [-0.25, -0.2) is 9.18 Å². The Morgan fingerprint density at radius 3 is 2.00 bits per heavy atom. The maximum Gasteiger partial charge on any atom is 0.417 e. The fourth-order valence-corrected chi connectivity index (χ4v) is 2.86. The van der Waals surface area contributed by atoms with Gasteiger partial charge in [0.25, 0.3) is 0 Å². The van der Waals surface area contributed by atoms with Gasteiger partial charge in [-0.1, -0.05) is 30.4 Å². The number of carboxylic acid groups (broad SMARTS) is 1. The highest BCUT2D eigenvalue weighted by Crippen LogP contribution is 2.38. The van der Waals surface area contributed by atoms with E-state index >= 15 is 0 Å². The van der Waals surface area contributed by atoms with Crippen molar-refractivity contribution in [3.05, 3.63) is 75.6 Å². The molecule has 0 spiro atoms. The summed E-state index contributed by atoms with van der Waals surface area (Å²) in [6.07, 6.45) is -8.29.